The summed E-state index contributed by atoms with van der Waals surface area (Å²) in [5.41, 5.74) is 9.26. The quantitative estimate of drug-likeness (QED) is 0.266. The third kappa shape index (κ3) is 7.13. The number of hydrogen-bond acceptors (Lipinski definition) is 5. The van der Waals surface area contributed by atoms with Crippen LogP contribution in [0.5, 0.6) is 5.88 Å². The van der Waals surface area contributed by atoms with E-state index >= 15 is 0 Å². The maximum Gasteiger partial charge on any atom is 0.250 e. The molecular weight excluding hydrogens is 472 g/mol. The van der Waals surface area contributed by atoms with Crippen molar-refractivity contribution in [1.82, 2.24) is 14.9 Å². The highest BCUT2D eigenvalue weighted by Gasteiger charge is 2.19. The lowest BCUT2D eigenvalue weighted by molar-refractivity contribution is 0.1000. The predicted molar refractivity (Wildman–Crippen MR) is 142 cm³/mol. The molecule has 4 rings (SSSR count). The van der Waals surface area contributed by atoms with Crippen LogP contribution in [-0.2, 0) is 6.54 Å². The van der Waals surface area contributed by atoms with Crippen LogP contribution in [0.4, 0.5) is 0 Å². The number of hydrogen-bond donors (Lipinski definition) is 1. The second-order valence-electron chi connectivity index (χ2n) is 8.55. The second kappa shape index (κ2) is 12.8. The number of benzene rings is 2. The highest BCUT2D eigenvalue weighted by Crippen LogP contribution is 2.27. The van der Waals surface area contributed by atoms with Gasteiger partial charge in [-0.05, 0) is 35.2 Å². The molecule has 0 aliphatic rings. The van der Waals surface area contributed by atoms with Crippen LogP contribution < -0.4 is 10.5 Å². The van der Waals surface area contributed by atoms with Crippen molar-refractivity contribution in [3.63, 3.8) is 0 Å². The lowest BCUT2D eigenvalue weighted by atomic mass is 9.90. The number of carbonyl (C=O) groups excluding carboxylic acids is 1. The molecular formula is C29H29ClN4O2. The molecule has 0 aliphatic carbocycles. The average molecular weight is 501 g/mol. The van der Waals surface area contributed by atoms with E-state index in [1.165, 1.54) is 23.4 Å². The first-order chi connectivity index (χ1) is 17.6. The van der Waals surface area contributed by atoms with Crippen molar-refractivity contribution < 1.29 is 9.53 Å². The van der Waals surface area contributed by atoms with Crippen molar-refractivity contribution in [3.8, 4) is 5.88 Å². The molecule has 0 radical (unpaired) electrons. The summed E-state index contributed by atoms with van der Waals surface area (Å²) < 4.78 is 5.81. The van der Waals surface area contributed by atoms with Crippen LogP contribution in [0.2, 0.25) is 5.02 Å². The number of pyridine rings is 2. The van der Waals surface area contributed by atoms with Crippen LogP contribution in [0.1, 0.15) is 39.4 Å². The minimum atomic E-state index is -0.576. The molecule has 184 valence electrons. The van der Waals surface area contributed by atoms with Crippen molar-refractivity contribution in [1.29, 1.82) is 0 Å². The zero-order valence-corrected chi connectivity index (χ0v) is 20.7. The number of carbonyl (C=O) groups is 1. The van der Waals surface area contributed by atoms with Crippen molar-refractivity contribution in [2.45, 2.75) is 18.9 Å². The Morgan fingerprint density at radius 1 is 0.972 bits per heavy atom. The van der Waals surface area contributed by atoms with E-state index in [0.717, 1.165) is 31.6 Å². The van der Waals surface area contributed by atoms with Crippen LogP contribution in [-0.4, -0.2) is 40.5 Å². The molecule has 4 aromatic rings. The van der Waals surface area contributed by atoms with Crippen molar-refractivity contribution in [2.75, 3.05) is 19.7 Å². The molecule has 0 atom stereocenters. The Labute approximate surface area is 216 Å². The van der Waals surface area contributed by atoms with Gasteiger partial charge < -0.3 is 10.5 Å². The first kappa shape index (κ1) is 25.4. The molecule has 2 aromatic heterocycles. The van der Waals surface area contributed by atoms with Gasteiger partial charge in [0.2, 0.25) is 11.8 Å². The van der Waals surface area contributed by atoms with Crippen LogP contribution in [0.25, 0.3) is 0 Å². The van der Waals surface area contributed by atoms with Gasteiger partial charge in [-0.25, -0.2) is 4.98 Å². The summed E-state index contributed by atoms with van der Waals surface area (Å²) in [6, 6.07) is 26.7. The average Bonchev–Trinajstić information content (AvgIpc) is 2.91. The zero-order valence-electron chi connectivity index (χ0n) is 20.0. The van der Waals surface area contributed by atoms with Gasteiger partial charge in [0, 0.05) is 44.1 Å². The van der Waals surface area contributed by atoms with Crippen molar-refractivity contribution in [3.05, 3.63) is 125 Å². The monoisotopic (exact) mass is 500 g/mol. The molecule has 0 aliphatic heterocycles. The Bertz CT molecular complexity index is 1200. The number of nitrogens with two attached hydrogens (primary N) is 1. The summed E-state index contributed by atoms with van der Waals surface area (Å²) in [6.45, 7) is 2.86. The summed E-state index contributed by atoms with van der Waals surface area (Å²) >= 11 is 6.21. The number of aromatic nitrogens is 2. The lowest BCUT2D eigenvalue weighted by Crippen LogP contribution is -2.31. The normalized spacial score (nSPS) is 11.1. The van der Waals surface area contributed by atoms with Gasteiger partial charge in [0.1, 0.15) is 5.02 Å². The Morgan fingerprint density at radius 3 is 2.25 bits per heavy atom. The summed E-state index contributed by atoms with van der Waals surface area (Å²) in [6.07, 6.45) is 5.85. The van der Waals surface area contributed by atoms with E-state index in [-0.39, 0.29) is 16.5 Å². The Morgan fingerprint density at radius 2 is 1.67 bits per heavy atom. The number of nitrogens with zero attached hydrogens (tertiary/aromatic N) is 3. The summed E-state index contributed by atoms with van der Waals surface area (Å²) in [5.74, 6) is -0.0530. The lowest BCUT2D eigenvalue weighted by Gasteiger charge is -2.28. The molecule has 36 heavy (non-hydrogen) atoms. The van der Waals surface area contributed by atoms with Crippen molar-refractivity contribution >= 4 is 17.5 Å². The van der Waals surface area contributed by atoms with Gasteiger partial charge in [0.15, 0.2) is 0 Å². The zero-order chi connectivity index (χ0) is 25.2. The predicted octanol–water partition coefficient (Wildman–Crippen LogP) is 5.33. The Kier molecular flexibility index (Phi) is 9.03. The van der Waals surface area contributed by atoms with E-state index in [1.807, 2.05) is 24.4 Å². The van der Waals surface area contributed by atoms with Gasteiger partial charge in [-0.2, -0.15) is 0 Å². The van der Waals surface area contributed by atoms with E-state index in [2.05, 4.69) is 69.5 Å². The minimum Gasteiger partial charge on any atom is -0.477 e. The van der Waals surface area contributed by atoms with Gasteiger partial charge in [0.05, 0.1) is 12.2 Å². The summed E-state index contributed by atoms with van der Waals surface area (Å²) in [5, 5.41) is 0.270. The molecule has 0 saturated carbocycles. The number of amides is 1. The van der Waals surface area contributed by atoms with Gasteiger partial charge in [-0.3, -0.25) is 14.7 Å². The fourth-order valence-corrected chi connectivity index (χ4v) is 4.36. The van der Waals surface area contributed by atoms with E-state index in [4.69, 9.17) is 22.1 Å². The molecule has 1 amide bonds. The van der Waals surface area contributed by atoms with E-state index in [9.17, 15) is 4.79 Å². The maximum absolute atomic E-state index is 11.3. The third-order valence-electron chi connectivity index (χ3n) is 5.92. The molecule has 2 N–H and O–H groups in total. The van der Waals surface area contributed by atoms with E-state index < -0.39 is 5.91 Å². The maximum atomic E-state index is 11.3. The minimum absolute atomic E-state index is 0.224. The number of primary amides is 1. The standard InChI is InChI=1S/C29H29ClN4O2/c30-27-17-25(28(31)35)19-33-29(27)36-16-8-15-34(20-22-9-7-14-32-18-22)21-26(23-10-3-1-4-11-23)24-12-5-2-6-13-24/h1-7,9-14,17-19,26H,8,15-16,20-21H2,(H2,31,35). The molecule has 0 fully saturated rings. The molecule has 7 heteroatoms. The molecule has 0 bridgehead atoms. The fourth-order valence-electron chi connectivity index (χ4n) is 4.14. The fraction of sp³-hybridized carbons (Fsp3) is 0.207. The Hall–Kier alpha value is -3.74. The van der Waals surface area contributed by atoms with Crippen LogP contribution in [0, 0.1) is 0 Å². The molecule has 0 spiro atoms. The smallest absolute Gasteiger partial charge is 0.250 e. The molecule has 0 saturated heterocycles. The van der Waals surface area contributed by atoms with Crippen LogP contribution in [0.3, 0.4) is 0 Å². The molecule has 6 nitrogen and oxygen atoms in total. The molecule has 0 unspecified atom stereocenters. The van der Waals surface area contributed by atoms with Gasteiger partial charge in [-0.1, -0.05) is 78.3 Å². The second-order valence-corrected chi connectivity index (χ2v) is 8.95. The topological polar surface area (TPSA) is 81.3 Å². The van der Waals surface area contributed by atoms with Gasteiger partial charge in [0.25, 0.3) is 0 Å². The first-order valence-corrected chi connectivity index (χ1v) is 12.3. The SMILES string of the molecule is NC(=O)c1cnc(OCCCN(Cc2cccnc2)CC(c2ccccc2)c2ccccc2)c(Cl)c1. The third-order valence-corrected chi connectivity index (χ3v) is 6.19. The molecule has 2 aromatic carbocycles. The van der Waals surface area contributed by atoms with Gasteiger partial charge in [-0.15, -0.1) is 0 Å². The van der Waals surface area contributed by atoms with E-state index in [0.29, 0.717) is 12.5 Å². The Balaban J connectivity index is 1.46. The highest BCUT2D eigenvalue weighted by molar-refractivity contribution is 6.32. The highest BCUT2D eigenvalue weighted by atomic mass is 35.5. The largest absolute Gasteiger partial charge is 0.477 e. The summed E-state index contributed by atoms with van der Waals surface area (Å²) in [4.78, 5) is 22.2. The first-order valence-electron chi connectivity index (χ1n) is 11.9. The summed E-state index contributed by atoms with van der Waals surface area (Å²) in [7, 11) is 0. The van der Waals surface area contributed by atoms with Crippen molar-refractivity contribution in [2.24, 2.45) is 5.73 Å². The number of rotatable bonds is 12. The van der Waals surface area contributed by atoms with Gasteiger partial charge >= 0.3 is 0 Å². The number of halogens is 1. The van der Waals surface area contributed by atoms with E-state index in [1.54, 1.807) is 6.20 Å². The number of ether oxygens (including phenoxy) is 1. The van der Waals surface area contributed by atoms with Crippen LogP contribution in [0.15, 0.2) is 97.5 Å². The molecule has 2 heterocycles. The van der Waals surface area contributed by atoms with Crippen LogP contribution >= 0.6 is 11.6 Å².